The second-order valence-electron chi connectivity index (χ2n) is 7.23. The SMILES string of the molecule is CCN(CC)S(=O)(=O)c1ccc(Cl)c(C(=O)NCCN2C(=O)S/C(=C\c3ccccc3)C2=O)c1. The standard InChI is InChI=1S/C23H24ClN3O5S2/c1-3-26(4-2)34(31,32)17-10-11-19(24)18(15-17)21(28)25-12-13-27-22(29)20(33-23(27)30)14-16-8-6-5-7-9-16/h5-11,14-15H,3-4,12-13H2,1-2H3,(H,25,28)/b20-14-. The van der Waals surface area contributed by atoms with E-state index in [-0.39, 0.29) is 28.6 Å². The summed E-state index contributed by atoms with van der Waals surface area (Å²) in [6.45, 7) is 3.99. The Morgan fingerprint density at radius 3 is 2.44 bits per heavy atom. The fourth-order valence-corrected chi connectivity index (χ4v) is 5.87. The lowest BCUT2D eigenvalue weighted by Gasteiger charge is -2.19. The summed E-state index contributed by atoms with van der Waals surface area (Å²) in [6.07, 6.45) is 1.64. The molecule has 0 saturated carbocycles. The van der Waals surface area contributed by atoms with Crippen LogP contribution >= 0.6 is 23.4 Å². The number of nitrogens with one attached hydrogen (secondary N) is 1. The molecule has 8 nitrogen and oxygen atoms in total. The topological polar surface area (TPSA) is 104 Å². The monoisotopic (exact) mass is 521 g/mol. The summed E-state index contributed by atoms with van der Waals surface area (Å²) in [5, 5.41) is 2.27. The first-order chi connectivity index (χ1) is 16.2. The van der Waals surface area contributed by atoms with E-state index in [4.69, 9.17) is 11.6 Å². The lowest BCUT2D eigenvalue weighted by Crippen LogP contribution is -2.37. The summed E-state index contributed by atoms with van der Waals surface area (Å²) < 4.78 is 26.8. The fraction of sp³-hybridized carbons (Fsp3) is 0.261. The highest BCUT2D eigenvalue weighted by atomic mass is 35.5. The zero-order valence-electron chi connectivity index (χ0n) is 18.7. The van der Waals surface area contributed by atoms with Crippen molar-refractivity contribution in [3.8, 4) is 0 Å². The van der Waals surface area contributed by atoms with E-state index in [2.05, 4.69) is 5.32 Å². The summed E-state index contributed by atoms with van der Waals surface area (Å²) in [5.74, 6) is -1.04. The Balaban J connectivity index is 1.67. The van der Waals surface area contributed by atoms with Crippen molar-refractivity contribution in [2.45, 2.75) is 18.7 Å². The van der Waals surface area contributed by atoms with E-state index >= 15 is 0 Å². The van der Waals surface area contributed by atoms with Gasteiger partial charge < -0.3 is 5.32 Å². The average molecular weight is 522 g/mol. The molecule has 3 rings (SSSR count). The number of halogens is 1. The molecule has 0 aliphatic carbocycles. The van der Waals surface area contributed by atoms with Gasteiger partial charge in [0.1, 0.15) is 0 Å². The number of hydrogen-bond donors (Lipinski definition) is 1. The van der Waals surface area contributed by atoms with E-state index in [0.717, 1.165) is 22.2 Å². The molecule has 0 atom stereocenters. The average Bonchev–Trinajstić information content (AvgIpc) is 3.07. The number of amides is 3. The van der Waals surface area contributed by atoms with Crippen LogP contribution in [0.2, 0.25) is 5.02 Å². The molecule has 0 radical (unpaired) electrons. The van der Waals surface area contributed by atoms with Gasteiger partial charge in [-0.05, 0) is 41.6 Å². The van der Waals surface area contributed by atoms with Crippen LogP contribution in [-0.4, -0.2) is 60.9 Å². The molecule has 1 saturated heterocycles. The van der Waals surface area contributed by atoms with Crippen LogP contribution in [0.15, 0.2) is 58.3 Å². The third kappa shape index (κ3) is 5.69. The molecule has 1 aliphatic heterocycles. The van der Waals surface area contributed by atoms with Crippen LogP contribution in [0.5, 0.6) is 0 Å². The van der Waals surface area contributed by atoms with E-state index in [1.54, 1.807) is 19.9 Å². The van der Waals surface area contributed by atoms with E-state index < -0.39 is 27.1 Å². The van der Waals surface area contributed by atoms with Crippen molar-refractivity contribution in [1.82, 2.24) is 14.5 Å². The molecular weight excluding hydrogens is 498 g/mol. The molecule has 0 spiro atoms. The van der Waals surface area contributed by atoms with Gasteiger partial charge in [-0.15, -0.1) is 0 Å². The van der Waals surface area contributed by atoms with Gasteiger partial charge in [-0.3, -0.25) is 19.3 Å². The van der Waals surface area contributed by atoms with E-state index in [9.17, 15) is 22.8 Å². The van der Waals surface area contributed by atoms with Gasteiger partial charge in [0.05, 0.1) is 20.4 Å². The number of benzene rings is 2. The number of thioether (sulfide) groups is 1. The van der Waals surface area contributed by atoms with Crippen LogP contribution in [0.4, 0.5) is 4.79 Å². The predicted molar refractivity (Wildman–Crippen MR) is 133 cm³/mol. The van der Waals surface area contributed by atoms with Gasteiger partial charge in [0, 0.05) is 26.2 Å². The molecule has 2 aromatic carbocycles. The highest BCUT2D eigenvalue weighted by Crippen LogP contribution is 2.32. The third-order valence-electron chi connectivity index (χ3n) is 5.12. The molecule has 1 aliphatic rings. The minimum atomic E-state index is -3.77. The zero-order chi connectivity index (χ0) is 24.9. The van der Waals surface area contributed by atoms with Crippen LogP contribution in [0.1, 0.15) is 29.8 Å². The Hall–Kier alpha value is -2.66. The fourth-order valence-electron chi connectivity index (χ4n) is 3.32. The summed E-state index contributed by atoms with van der Waals surface area (Å²) in [4.78, 5) is 38.9. The first-order valence-electron chi connectivity index (χ1n) is 10.6. The minimum absolute atomic E-state index is 0.00647. The minimum Gasteiger partial charge on any atom is -0.350 e. The second-order valence-corrected chi connectivity index (χ2v) is 10.6. The second kappa shape index (κ2) is 11.2. The number of carbonyl (C=O) groups is 3. The summed E-state index contributed by atoms with van der Waals surface area (Å²) >= 11 is 6.98. The van der Waals surface area contributed by atoms with Gasteiger partial charge >= 0.3 is 0 Å². The number of carbonyl (C=O) groups excluding carboxylic acids is 3. The summed E-state index contributed by atoms with van der Waals surface area (Å²) in [7, 11) is -3.77. The van der Waals surface area contributed by atoms with Gasteiger partial charge in [-0.1, -0.05) is 55.8 Å². The number of imide groups is 1. The molecule has 0 aromatic heterocycles. The van der Waals surface area contributed by atoms with E-state index in [1.165, 1.54) is 22.5 Å². The molecule has 0 unspecified atom stereocenters. The molecule has 34 heavy (non-hydrogen) atoms. The van der Waals surface area contributed by atoms with Crippen molar-refractivity contribution in [1.29, 1.82) is 0 Å². The maximum absolute atomic E-state index is 12.8. The largest absolute Gasteiger partial charge is 0.350 e. The van der Waals surface area contributed by atoms with Crippen molar-refractivity contribution in [2.24, 2.45) is 0 Å². The van der Waals surface area contributed by atoms with Gasteiger partial charge in [-0.2, -0.15) is 4.31 Å². The predicted octanol–water partition coefficient (Wildman–Crippen LogP) is 3.84. The summed E-state index contributed by atoms with van der Waals surface area (Å²) in [5.41, 5.74) is 0.795. The van der Waals surface area contributed by atoms with Gasteiger partial charge in [0.15, 0.2) is 0 Å². The Labute approximate surface area is 208 Å². The van der Waals surface area contributed by atoms with Gasteiger partial charge in [0.2, 0.25) is 10.0 Å². The maximum atomic E-state index is 12.8. The Morgan fingerprint density at radius 1 is 1.12 bits per heavy atom. The Bertz CT molecular complexity index is 1230. The molecule has 2 aromatic rings. The lowest BCUT2D eigenvalue weighted by molar-refractivity contribution is -0.122. The van der Waals surface area contributed by atoms with Crippen molar-refractivity contribution in [3.05, 3.63) is 69.6 Å². The number of rotatable bonds is 9. The smallest absolute Gasteiger partial charge is 0.293 e. The van der Waals surface area contributed by atoms with E-state index in [1.807, 2.05) is 30.3 Å². The molecule has 1 fully saturated rings. The molecule has 11 heteroatoms. The highest BCUT2D eigenvalue weighted by Gasteiger charge is 2.34. The molecule has 180 valence electrons. The normalized spacial score (nSPS) is 15.4. The first kappa shape index (κ1) is 26.0. The molecule has 1 N–H and O–H groups in total. The highest BCUT2D eigenvalue weighted by molar-refractivity contribution is 8.18. The van der Waals surface area contributed by atoms with Crippen molar-refractivity contribution >= 4 is 56.5 Å². The molecular formula is C23H24ClN3O5S2. The molecule has 1 heterocycles. The van der Waals surface area contributed by atoms with Crippen LogP contribution in [0, 0.1) is 0 Å². The zero-order valence-corrected chi connectivity index (χ0v) is 21.0. The first-order valence-corrected chi connectivity index (χ1v) is 13.2. The van der Waals surface area contributed by atoms with E-state index in [0.29, 0.717) is 18.0 Å². The van der Waals surface area contributed by atoms with Crippen molar-refractivity contribution in [3.63, 3.8) is 0 Å². The quantitative estimate of drug-likeness (QED) is 0.503. The van der Waals surface area contributed by atoms with Crippen molar-refractivity contribution in [2.75, 3.05) is 26.2 Å². The molecule has 0 bridgehead atoms. The third-order valence-corrected chi connectivity index (χ3v) is 8.40. The van der Waals surface area contributed by atoms with Crippen molar-refractivity contribution < 1.29 is 22.8 Å². The Morgan fingerprint density at radius 2 is 1.79 bits per heavy atom. The van der Waals surface area contributed by atoms with Crippen LogP contribution < -0.4 is 5.32 Å². The lowest BCUT2D eigenvalue weighted by atomic mass is 10.2. The van der Waals surface area contributed by atoms with Crippen LogP contribution in [-0.2, 0) is 14.8 Å². The van der Waals surface area contributed by atoms with Gasteiger partial charge in [0.25, 0.3) is 17.1 Å². The van der Waals surface area contributed by atoms with Crippen LogP contribution in [0.3, 0.4) is 0 Å². The van der Waals surface area contributed by atoms with Gasteiger partial charge in [-0.25, -0.2) is 8.42 Å². The number of sulfonamides is 1. The summed E-state index contributed by atoms with van der Waals surface area (Å²) in [6, 6.07) is 13.1. The maximum Gasteiger partial charge on any atom is 0.293 e. The number of nitrogens with zero attached hydrogens (tertiary/aromatic N) is 2. The number of hydrogen-bond acceptors (Lipinski definition) is 6. The molecule has 3 amide bonds. The van der Waals surface area contributed by atoms with Crippen LogP contribution in [0.25, 0.3) is 6.08 Å². The Kier molecular flexibility index (Phi) is 8.53.